The molecule has 1 unspecified atom stereocenters. The number of carbonyl (C=O) groups is 1. The number of carbonyl (C=O) groups excluding carboxylic acids is 1. The Bertz CT molecular complexity index is 1210. The van der Waals surface area contributed by atoms with E-state index in [1.54, 1.807) is 49.5 Å². The molecule has 8 nitrogen and oxygen atoms in total. The van der Waals surface area contributed by atoms with Crippen molar-refractivity contribution in [3.63, 3.8) is 0 Å². The molecule has 0 aliphatic carbocycles. The zero-order valence-electron chi connectivity index (χ0n) is 17.5. The third-order valence-corrected chi connectivity index (χ3v) is 5.50. The van der Waals surface area contributed by atoms with Gasteiger partial charge in [0, 0.05) is 23.9 Å². The molecule has 0 saturated heterocycles. The minimum atomic E-state index is -0.842. The molecule has 0 radical (unpaired) electrons. The molecule has 32 heavy (non-hydrogen) atoms. The number of nitrogens with one attached hydrogen (secondary N) is 3. The van der Waals surface area contributed by atoms with Crippen LogP contribution in [-0.2, 0) is 16.8 Å². The van der Waals surface area contributed by atoms with Crippen LogP contribution in [0, 0.1) is 11.2 Å². The predicted molar refractivity (Wildman–Crippen MR) is 119 cm³/mol. The summed E-state index contributed by atoms with van der Waals surface area (Å²) < 4.78 is 13.9. The van der Waals surface area contributed by atoms with Gasteiger partial charge in [-0.1, -0.05) is 24.3 Å². The molecule has 3 N–H and O–H groups in total. The Labute approximate surface area is 184 Å². The van der Waals surface area contributed by atoms with E-state index in [4.69, 9.17) is 5.41 Å². The highest BCUT2D eigenvalue weighted by Gasteiger charge is 2.45. The summed E-state index contributed by atoms with van der Waals surface area (Å²) >= 11 is 0. The van der Waals surface area contributed by atoms with Gasteiger partial charge in [0.1, 0.15) is 23.0 Å². The Morgan fingerprint density at radius 3 is 2.88 bits per heavy atom. The molecule has 2 aromatic heterocycles. The van der Waals surface area contributed by atoms with Gasteiger partial charge in [-0.3, -0.25) is 10.2 Å². The lowest BCUT2D eigenvalue weighted by Gasteiger charge is -2.19. The number of pyridine rings is 1. The number of hydrogen-bond donors (Lipinski definition) is 3. The molecule has 3 heterocycles. The monoisotopic (exact) mass is 431 g/mol. The summed E-state index contributed by atoms with van der Waals surface area (Å²) in [4.78, 5) is 21.2. The average molecular weight is 431 g/mol. The maximum atomic E-state index is 13.9. The van der Waals surface area contributed by atoms with Gasteiger partial charge in [0.2, 0.25) is 11.7 Å². The molecule has 0 spiro atoms. The summed E-state index contributed by atoms with van der Waals surface area (Å²) in [6.45, 7) is 5.70. The van der Waals surface area contributed by atoms with E-state index in [0.29, 0.717) is 41.3 Å². The van der Waals surface area contributed by atoms with Crippen LogP contribution >= 0.6 is 0 Å². The Balaban J connectivity index is 1.60. The van der Waals surface area contributed by atoms with E-state index < -0.39 is 5.41 Å². The van der Waals surface area contributed by atoms with Crippen LogP contribution in [0.15, 0.2) is 55.3 Å². The normalized spacial score (nSPS) is 16.9. The third kappa shape index (κ3) is 3.84. The number of hydrogen-bond acceptors (Lipinski definition) is 7. The Morgan fingerprint density at radius 1 is 1.28 bits per heavy atom. The summed E-state index contributed by atoms with van der Waals surface area (Å²) in [6, 6.07) is 9.83. The van der Waals surface area contributed by atoms with E-state index in [1.807, 2.05) is 0 Å². The zero-order valence-corrected chi connectivity index (χ0v) is 17.5. The lowest BCUT2D eigenvalue weighted by Crippen LogP contribution is -2.31. The number of fused-ring (bicyclic) bond motifs is 1. The number of rotatable bonds is 8. The summed E-state index contributed by atoms with van der Waals surface area (Å²) in [6.07, 6.45) is 4.51. The van der Waals surface area contributed by atoms with Crippen molar-refractivity contribution in [2.75, 3.05) is 10.6 Å². The smallest absolute Gasteiger partial charge is 0.237 e. The predicted octanol–water partition coefficient (Wildman–Crippen LogP) is 3.61. The number of allylic oxidation sites excluding steroid dienone is 1. The first kappa shape index (κ1) is 21.2. The van der Waals surface area contributed by atoms with Crippen molar-refractivity contribution in [3.05, 3.63) is 83.7 Å². The first-order chi connectivity index (χ1) is 15.4. The van der Waals surface area contributed by atoms with Crippen molar-refractivity contribution in [1.82, 2.24) is 20.2 Å². The van der Waals surface area contributed by atoms with E-state index in [2.05, 4.69) is 37.4 Å². The molecule has 0 bridgehead atoms. The van der Waals surface area contributed by atoms with Crippen LogP contribution in [0.4, 0.5) is 16.0 Å². The standard InChI is InChI=1S/C23H22FN7O/c1-3-4-11-23(2)18-21(29-22(23)32)28-20(31-30-18)17(25)15-9-7-12-26-19(15)27-13-14-8-5-6-10-16(14)24/h3,5-10,12,25H,1,4,11,13H2,2H3,(H,26,27)(H,28,29,31,32). The molecule has 4 rings (SSSR count). The number of halogens is 1. The molecule has 1 aromatic carbocycles. The van der Waals surface area contributed by atoms with Crippen molar-refractivity contribution >= 4 is 23.3 Å². The summed E-state index contributed by atoms with van der Waals surface area (Å²) in [7, 11) is 0. The van der Waals surface area contributed by atoms with Gasteiger partial charge in [-0.25, -0.2) is 14.4 Å². The van der Waals surface area contributed by atoms with Crippen LogP contribution in [0.3, 0.4) is 0 Å². The minimum Gasteiger partial charge on any atom is -0.365 e. The molecular formula is C23H22FN7O. The molecular weight excluding hydrogens is 409 g/mol. The number of amides is 1. The van der Waals surface area contributed by atoms with Gasteiger partial charge in [-0.2, -0.15) is 0 Å². The second-order valence-corrected chi connectivity index (χ2v) is 7.67. The van der Waals surface area contributed by atoms with Crippen LogP contribution in [0.5, 0.6) is 0 Å². The molecule has 1 aliphatic heterocycles. The minimum absolute atomic E-state index is 0.0154. The van der Waals surface area contributed by atoms with Gasteiger partial charge >= 0.3 is 0 Å². The molecule has 9 heteroatoms. The van der Waals surface area contributed by atoms with Crippen molar-refractivity contribution in [1.29, 1.82) is 5.41 Å². The summed E-state index contributed by atoms with van der Waals surface area (Å²) in [5, 5.41) is 22.8. The highest BCUT2D eigenvalue weighted by molar-refractivity contribution is 6.12. The van der Waals surface area contributed by atoms with Crippen molar-refractivity contribution in [2.45, 2.75) is 31.7 Å². The van der Waals surface area contributed by atoms with Crippen molar-refractivity contribution in [3.8, 4) is 0 Å². The van der Waals surface area contributed by atoms with E-state index >= 15 is 0 Å². The largest absolute Gasteiger partial charge is 0.365 e. The SMILES string of the molecule is C=CCCC1(C)C(=O)Nc2nc(C(=N)c3cccnc3NCc3ccccc3F)nnc21. The fourth-order valence-corrected chi connectivity index (χ4v) is 3.56. The van der Waals surface area contributed by atoms with Crippen molar-refractivity contribution < 1.29 is 9.18 Å². The van der Waals surface area contributed by atoms with E-state index in [9.17, 15) is 9.18 Å². The van der Waals surface area contributed by atoms with Gasteiger partial charge < -0.3 is 10.6 Å². The fourth-order valence-electron chi connectivity index (χ4n) is 3.56. The highest BCUT2D eigenvalue weighted by atomic mass is 19.1. The first-order valence-corrected chi connectivity index (χ1v) is 10.1. The Hall–Kier alpha value is -4.01. The maximum absolute atomic E-state index is 13.9. The molecule has 0 fully saturated rings. The lowest BCUT2D eigenvalue weighted by atomic mass is 9.83. The first-order valence-electron chi connectivity index (χ1n) is 10.1. The summed E-state index contributed by atoms with van der Waals surface area (Å²) in [5.74, 6) is 0.229. The number of aromatic nitrogens is 4. The van der Waals surface area contributed by atoms with E-state index in [1.165, 1.54) is 6.07 Å². The van der Waals surface area contributed by atoms with Crippen LogP contribution in [0.1, 0.15) is 42.4 Å². The maximum Gasteiger partial charge on any atom is 0.237 e. The Kier molecular flexibility index (Phi) is 5.72. The number of benzene rings is 1. The molecule has 3 aromatic rings. The van der Waals surface area contributed by atoms with Crippen LogP contribution in [-0.4, -0.2) is 31.8 Å². The second kappa shape index (κ2) is 8.62. The Morgan fingerprint density at radius 2 is 2.09 bits per heavy atom. The van der Waals surface area contributed by atoms with Crippen LogP contribution in [0.2, 0.25) is 0 Å². The molecule has 0 saturated carbocycles. The second-order valence-electron chi connectivity index (χ2n) is 7.67. The average Bonchev–Trinajstić information content (AvgIpc) is 3.06. The van der Waals surface area contributed by atoms with Gasteiger partial charge in [-0.15, -0.1) is 16.8 Å². The quantitative estimate of drug-likeness (QED) is 0.371. The summed E-state index contributed by atoms with van der Waals surface area (Å²) in [5.41, 5.74) is 0.519. The van der Waals surface area contributed by atoms with Crippen molar-refractivity contribution in [2.24, 2.45) is 0 Å². The van der Waals surface area contributed by atoms with Gasteiger partial charge in [0.25, 0.3) is 0 Å². The van der Waals surface area contributed by atoms with Crippen LogP contribution in [0.25, 0.3) is 0 Å². The lowest BCUT2D eigenvalue weighted by molar-refractivity contribution is -0.120. The number of anilines is 2. The number of nitrogens with zero attached hydrogens (tertiary/aromatic N) is 4. The molecule has 162 valence electrons. The van der Waals surface area contributed by atoms with Gasteiger partial charge in [-0.05, 0) is 38.0 Å². The molecule has 1 atom stereocenters. The van der Waals surface area contributed by atoms with Crippen LogP contribution < -0.4 is 10.6 Å². The third-order valence-electron chi connectivity index (χ3n) is 5.50. The fraction of sp³-hybridized carbons (Fsp3) is 0.217. The molecule has 1 amide bonds. The topological polar surface area (TPSA) is 117 Å². The van der Waals surface area contributed by atoms with Gasteiger partial charge in [0.05, 0.1) is 5.41 Å². The molecule has 1 aliphatic rings. The zero-order chi connectivity index (χ0) is 22.7. The van der Waals surface area contributed by atoms with E-state index in [-0.39, 0.29) is 29.8 Å². The van der Waals surface area contributed by atoms with E-state index in [0.717, 1.165) is 0 Å². The highest BCUT2D eigenvalue weighted by Crippen LogP contribution is 2.38. The van der Waals surface area contributed by atoms with Gasteiger partial charge in [0.15, 0.2) is 5.82 Å².